The number of nitrogens with two attached hydrogens (primary N) is 1. The molecule has 0 amide bonds. The minimum absolute atomic E-state index is 0.766. The monoisotopic (exact) mass is 266 g/mol. The normalized spacial score (nSPS) is 11.4. The Morgan fingerprint density at radius 1 is 1.16 bits per heavy atom. The first-order chi connectivity index (χ1) is 9.31. The summed E-state index contributed by atoms with van der Waals surface area (Å²) >= 11 is 1.64. The van der Waals surface area contributed by atoms with Crippen LogP contribution in [0.4, 0.5) is 5.69 Å². The van der Waals surface area contributed by atoms with E-state index in [-0.39, 0.29) is 0 Å². The number of anilines is 1. The summed E-state index contributed by atoms with van der Waals surface area (Å²) in [6.45, 7) is 0. The van der Waals surface area contributed by atoms with Gasteiger partial charge in [-0.05, 0) is 30.3 Å². The van der Waals surface area contributed by atoms with Gasteiger partial charge in [-0.15, -0.1) is 11.3 Å². The van der Waals surface area contributed by atoms with E-state index in [9.17, 15) is 0 Å². The number of hydrogen-bond acceptors (Lipinski definition) is 4. The van der Waals surface area contributed by atoms with Gasteiger partial charge in [0.05, 0.1) is 27.5 Å². The van der Waals surface area contributed by atoms with Crippen molar-refractivity contribution in [2.24, 2.45) is 0 Å². The lowest BCUT2D eigenvalue weighted by atomic mass is 10.2. The lowest BCUT2D eigenvalue weighted by Gasteiger charge is -1.93. The van der Waals surface area contributed by atoms with Gasteiger partial charge in [-0.1, -0.05) is 6.07 Å². The molecule has 3 heterocycles. The predicted molar refractivity (Wildman–Crippen MR) is 78.2 cm³/mol. The minimum atomic E-state index is 0.766. The van der Waals surface area contributed by atoms with Crippen LogP contribution in [0.5, 0.6) is 0 Å². The number of pyridine rings is 1. The summed E-state index contributed by atoms with van der Waals surface area (Å²) in [6, 6.07) is 11.8. The van der Waals surface area contributed by atoms with E-state index in [1.807, 2.05) is 53.3 Å². The highest BCUT2D eigenvalue weighted by molar-refractivity contribution is 7.21. The number of benzene rings is 1. The van der Waals surface area contributed by atoms with E-state index in [0.29, 0.717) is 0 Å². The minimum Gasteiger partial charge on any atom is -0.399 e. The molecule has 0 radical (unpaired) electrons. The smallest absolute Gasteiger partial charge is 0.128 e. The molecule has 0 spiro atoms. The van der Waals surface area contributed by atoms with Gasteiger partial charge in [0.25, 0.3) is 0 Å². The number of hydrogen-bond donors (Lipinski definition) is 1. The molecular weight excluding hydrogens is 256 g/mol. The molecule has 0 unspecified atom stereocenters. The van der Waals surface area contributed by atoms with Crippen molar-refractivity contribution < 1.29 is 0 Å². The van der Waals surface area contributed by atoms with Crippen LogP contribution < -0.4 is 5.73 Å². The molecule has 2 N–H and O–H groups in total. The summed E-state index contributed by atoms with van der Waals surface area (Å²) in [5, 5.41) is 5.32. The third-order valence-corrected chi connectivity index (χ3v) is 4.12. The lowest BCUT2D eigenvalue weighted by molar-refractivity contribution is 0.961. The first kappa shape index (κ1) is 10.5. The van der Waals surface area contributed by atoms with Crippen molar-refractivity contribution in [2.75, 3.05) is 5.73 Å². The fourth-order valence-electron chi connectivity index (χ4n) is 2.16. The standard InChI is InChI=1S/C14H10N4S/c15-9-4-5-11-13(7-9)19-14(17-11)10-8-16-18-6-2-1-3-12(10)18/h1-8H,15H2. The fraction of sp³-hybridized carbons (Fsp3) is 0. The molecule has 3 aromatic heterocycles. The Morgan fingerprint density at radius 2 is 2.11 bits per heavy atom. The van der Waals surface area contributed by atoms with Crippen molar-refractivity contribution in [3.63, 3.8) is 0 Å². The summed E-state index contributed by atoms with van der Waals surface area (Å²) in [6.07, 6.45) is 3.79. The van der Waals surface area contributed by atoms with Crippen LogP contribution in [0.1, 0.15) is 0 Å². The lowest BCUT2D eigenvalue weighted by Crippen LogP contribution is -1.83. The number of fused-ring (bicyclic) bond motifs is 2. The Balaban J connectivity index is 1.99. The number of nitrogens with zero attached hydrogens (tertiary/aromatic N) is 3. The topological polar surface area (TPSA) is 56.2 Å². The van der Waals surface area contributed by atoms with Crippen molar-refractivity contribution >= 4 is 32.8 Å². The van der Waals surface area contributed by atoms with Crippen molar-refractivity contribution in [3.8, 4) is 10.6 Å². The average Bonchev–Trinajstić information content (AvgIpc) is 3.00. The molecule has 4 rings (SSSR count). The summed E-state index contributed by atoms with van der Waals surface area (Å²) in [7, 11) is 0. The second kappa shape index (κ2) is 3.80. The van der Waals surface area contributed by atoms with Crippen LogP contribution >= 0.6 is 11.3 Å². The van der Waals surface area contributed by atoms with Crippen molar-refractivity contribution in [3.05, 3.63) is 48.8 Å². The molecule has 0 aliphatic heterocycles. The Labute approximate surface area is 113 Å². The van der Waals surface area contributed by atoms with Crippen LogP contribution in [0.3, 0.4) is 0 Å². The van der Waals surface area contributed by atoms with Crippen LogP contribution in [0.25, 0.3) is 26.3 Å². The molecule has 0 atom stereocenters. The molecule has 19 heavy (non-hydrogen) atoms. The summed E-state index contributed by atoms with van der Waals surface area (Å²) < 4.78 is 2.96. The van der Waals surface area contributed by atoms with Gasteiger partial charge in [0.1, 0.15) is 5.01 Å². The Hall–Kier alpha value is -2.40. The van der Waals surface area contributed by atoms with Gasteiger partial charge in [0.15, 0.2) is 0 Å². The predicted octanol–water partition coefficient (Wildman–Crippen LogP) is 3.19. The van der Waals surface area contributed by atoms with Crippen molar-refractivity contribution in [2.45, 2.75) is 0 Å². The summed E-state index contributed by atoms with van der Waals surface area (Å²) in [4.78, 5) is 4.66. The third-order valence-electron chi connectivity index (χ3n) is 3.07. The summed E-state index contributed by atoms with van der Waals surface area (Å²) in [5.74, 6) is 0. The highest BCUT2D eigenvalue weighted by atomic mass is 32.1. The number of thiazole rings is 1. The van der Waals surface area contributed by atoms with E-state index in [1.165, 1.54) is 0 Å². The molecule has 4 nitrogen and oxygen atoms in total. The van der Waals surface area contributed by atoms with Crippen molar-refractivity contribution in [1.29, 1.82) is 0 Å². The van der Waals surface area contributed by atoms with Crippen LogP contribution in [-0.2, 0) is 0 Å². The highest BCUT2D eigenvalue weighted by Gasteiger charge is 2.11. The van der Waals surface area contributed by atoms with Gasteiger partial charge in [0.2, 0.25) is 0 Å². The molecule has 4 aromatic rings. The maximum Gasteiger partial charge on any atom is 0.128 e. The number of nitrogen functional groups attached to an aromatic ring is 1. The Bertz CT molecular complexity index is 891. The van der Waals surface area contributed by atoms with E-state index in [4.69, 9.17) is 5.73 Å². The van der Waals surface area contributed by atoms with Gasteiger partial charge in [-0.25, -0.2) is 9.50 Å². The van der Waals surface area contributed by atoms with E-state index in [1.54, 1.807) is 11.3 Å². The molecule has 0 bridgehead atoms. The Kier molecular flexibility index (Phi) is 2.10. The molecular formula is C14H10N4S. The summed E-state index contributed by atoms with van der Waals surface area (Å²) in [5.41, 5.74) is 9.67. The molecule has 0 aliphatic rings. The zero-order valence-electron chi connectivity index (χ0n) is 9.95. The SMILES string of the molecule is Nc1ccc2nc(-c3cnn4ccccc34)sc2c1. The third kappa shape index (κ3) is 1.59. The van der Waals surface area contributed by atoms with Gasteiger partial charge in [0, 0.05) is 11.9 Å². The first-order valence-electron chi connectivity index (χ1n) is 5.90. The van der Waals surface area contributed by atoms with Crippen LogP contribution in [-0.4, -0.2) is 14.6 Å². The maximum atomic E-state index is 5.80. The van der Waals surface area contributed by atoms with Gasteiger partial charge < -0.3 is 5.73 Å². The molecule has 1 aromatic carbocycles. The molecule has 0 saturated heterocycles. The van der Waals surface area contributed by atoms with E-state index in [2.05, 4.69) is 10.1 Å². The zero-order valence-corrected chi connectivity index (χ0v) is 10.8. The first-order valence-corrected chi connectivity index (χ1v) is 6.72. The van der Waals surface area contributed by atoms with Gasteiger partial charge in [-0.3, -0.25) is 0 Å². The quantitative estimate of drug-likeness (QED) is 0.538. The van der Waals surface area contributed by atoms with Gasteiger partial charge in [-0.2, -0.15) is 5.10 Å². The number of rotatable bonds is 1. The molecule has 0 saturated carbocycles. The second-order valence-corrected chi connectivity index (χ2v) is 5.37. The van der Waals surface area contributed by atoms with Crippen LogP contribution in [0.2, 0.25) is 0 Å². The Morgan fingerprint density at radius 3 is 3.05 bits per heavy atom. The fourth-order valence-corrected chi connectivity index (χ4v) is 3.19. The molecule has 0 fully saturated rings. The average molecular weight is 266 g/mol. The zero-order chi connectivity index (χ0) is 12.8. The van der Waals surface area contributed by atoms with Crippen LogP contribution in [0.15, 0.2) is 48.8 Å². The maximum absolute atomic E-state index is 5.80. The van der Waals surface area contributed by atoms with Crippen molar-refractivity contribution in [1.82, 2.24) is 14.6 Å². The largest absolute Gasteiger partial charge is 0.399 e. The molecule has 5 heteroatoms. The number of aromatic nitrogens is 3. The van der Waals surface area contributed by atoms with E-state index >= 15 is 0 Å². The van der Waals surface area contributed by atoms with Gasteiger partial charge >= 0.3 is 0 Å². The van der Waals surface area contributed by atoms with Crippen LogP contribution in [0, 0.1) is 0 Å². The van der Waals surface area contributed by atoms with E-state index < -0.39 is 0 Å². The molecule has 92 valence electrons. The van der Waals surface area contributed by atoms with E-state index in [0.717, 1.165) is 32.0 Å². The highest BCUT2D eigenvalue weighted by Crippen LogP contribution is 2.33. The molecule has 0 aliphatic carbocycles. The second-order valence-electron chi connectivity index (χ2n) is 4.33.